The first kappa shape index (κ1) is 15.2. The predicted octanol–water partition coefficient (Wildman–Crippen LogP) is 1.87. The van der Waals surface area contributed by atoms with Gasteiger partial charge in [-0.2, -0.15) is 0 Å². The Morgan fingerprint density at radius 2 is 2.05 bits per heavy atom. The number of carboxylic acids is 1. The third-order valence-corrected chi connectivity index (χ3v) is 4.02. The fraction of sp³-hybridized carbons (Fsp3) is 0.467. The number of benzene rings is 1. The molecule has 0 radical (unpaired) electrons. The Morgan fingerprint density at radius 3 is 2.62 bits per heavy atom. The van der Waals surface area contributed by atoms with Crippen molar-refractivity contribution in [2.24, 2.45) is 0 Å². The van der Waals surface area contributed by atoms with Gasteiger partial charge in [0.25, 0.3) is 5.91 Å². The van der Waals surface area contributed by atoms with E-state index in [-0.39, 0.29) is 17.1 Å². The van der Waals surface area contributed by atoms with Crippen molar-refractivity contribution in [2.75, 3.05) is 13.7 Å². The van der Waals surface area contributed by atoms with Gasteiger partial charge in [-0.15, -0.1) is 0 Å². The maximum absolute atomic E-state index is 12.6. The summed E-state index contributed by atoms with van der Waals surface area (Å²) in [7, 11) is 1.42. The van der Waals surface area contributed by atoms with Gasteiger partial charge in [0.1, 0.15) is 5.54 Å². The molecule has 114 valence electrons. The zero-order valence-corrected chi connectivity index (χ0v) is 12.1. The minimum Gasteiger partial charge on any atom is -0.504 e. The predicted molar refractivity (Wildman–Crippen MR) is 75.6 cm³/mol. The number of nitrogens with zero attached hydrogens (tertiary/aromatic N) is 1. The highest BCUT2D eigenvalue weighted by atomic mass is 16.5. The highest BCUT2D eigenvalue weighted by molar-refractivity contribution is 5.98. The largest absolute Gasteiger partial charge is 0.504 e. The molecule has 1 atom stereocenters. The summed E-state index contributed by atoms with van der Waals surface area (Å²) < 4.78 is 4.94. The van der Waals surface area contributed by atoms with Crippen molar-refractivity contribution in [3.63, 3.8) is 0 Å². The molecule has 1 aromatic rings. The first-order valence-electron chi connectivity index (χ1n) is 6.82. The minimum absolute atomic E-state index is 0.141. The van der Waals surface area contributed by atoms with E-state index in [9.17, 15) is 19.8 Å². The Morgan fingerprint density at radius 1 is 1.33 bits per heavy atom. The van der Waals surface area contributed by atoms with Crippen LogP contribution in [-0.2, 0) is 4.79 Å². The molecule has 1 amide bonds. The quantitative estimate of drug-likeness (QED) is 0.888. The lowest BCUT2D eigenvalue weighted by Crippen LogP contribution is -2.57. The fourth-order valence-electron chi connectivity index (χ4n) is 2.65. The molecule has 6 nitrogen and oxygen atoms in total. The molecule has 1 aromatic carbocycles. The maximum atomic E-state index is 12.6. The van der Waals surface area contributed by atoms with Crippen LogP contribution < -0.4 is 4.74 Å². The number of hydrogen-bond acceptors (Lipinski definition) is 4. The SMILES string of the molecule is COc1ccc(C(=O)N2CCCCC2(C)C(=O)O)cc1O. The molecule has 2 N–H and O–H groups in total. The number of carbonyl (C=O) groups is 2. The summed E-state index contributed by atoms with van der Waals surface area (Å²) in [6.07, 6.45) is 1.98. The standard InChI is InChI=1S/C15H19NO5/c1-15(14(19)20)7-3-4-8-16(15)13(18)10-5-6-12(21-2)11(17)9-10/h5-6,9,17H,3-4,7-8H2,1-2H3,(H,19,20). The second kappa shape index (κ2) is 5.63. The minimum atomic E-state index is -1.20. The van der Waals surface area contributed by atoms with E-state index >= 15 is 0 Å². The van der Waals surface area contributed by atoms with Crippen LogP contribution in [-0.4, -0.2) is 46.2 Å². The van der Waals surface area contributed by atoms with E-state index in [0.29, 0.717) is 13.0 Å². The Labute approximate surface area is 122 Å². The number of rotatable bonds is 3. The lowest BCUT2D eigenvalue weighted by molar-refractivity contribution is -0.150. The number of piperidine rings is 1. The number of carboxylic acid groups (broad SMARTS) is 1. The van der Waals surface area contributed by atoms with Crippen LogP contribution in [0.1, 0.15) is 36.5 Å². The van der Waals surface area contributed by atoms with E-state index in [4.69, 9.17) is 4.74 Å². The number of methoxy groups -OCH3 is 1. The molecule has 0 saturated carbocycles. The molecule has 0 spiro atoms. The molecule has 0 bridgehead atoms. The fourth-order valence-corrected chi connectivity index (χ4v) is 2.65. The maximum Gasteiger partial charge on any atom is 0.329 e. The highest BCUT2D eigenvalue weighted by Crippen LogP contribution is 2.32. The van der Waals surface area contributed by atoms with Gasteiger partial charge in [-0.25, -0.2) is 4.79 Å². The zero-order chi connectivity index (χ0) is 15.6. The molecule has 6 heteroatoms. The molecule has 1 aliphatic rings. The topological polar surface area (TPSA) is 87.1 Å². The van der Waals surface area contributed by atoms with Gasteiger partial charge < -0.3 is 19.8 Å². The first-order valence-corrected chi connectivity index (χ1v) is 6.82. The van der Waals surface area contributed by atoms with Gasteiger partial charge in [-0.1, -0.05) is 0 Å². The van der Waals surface area contributed by atoms with Crippen molar-refractivity contribution in [3.05, 3.63) is 23.8 Å². The van der Waals surface area contributed by atoms with E-state index < -0.39 is 17.4 Å². The van der Waals surface area contributed by atoms with Gasteiger partial charge in [-0.3, -0.25) is 4.79 Å². The molecular formula is C15H19NO5. The van der Waals surface area contributed by atoms with E-state index in [1.54, 1.807) is 6.92 Å². The molecule has 21 heavy (non-hydrogen) atoms. The van der Waals surface area contributed by atoms with Crippen LogP contribution in [0.2, 0.25) is 0 Å². The number of ether oxygens (including phenoxy) is 1. The third-order valence-electron chi connectivity index (χ3n) is 4.02. The van der Waals surface area contributed by atoms with Crippen LogP contribution in [0.4, 0.5) is 0 Å². The van der Waals surface area contributed by atoms with E-state index in [0.717, 1.165) is 12.8 Å². The monoisotopic (exact) mass is 293 g/mol. The summed E-state index contributed by atoms with van der Waals surface area (Å²) in [4.78, 5) is 25.5. The lowest BCUT2D eigenvalue weighted by Gasteiger charge is -2.41. The Balaban J connectivity index is 2.33. The normalized spacial score (nSPS) is 21.9. The summed E-state index contributed by atoms with van der Waals surface area (Å²) in [6, 6.07) is 4.32. The van der Waals surface area contributed by atoms with Crippen LogP contribution in [0.25, 0.3) is 0 Å². The van der Waals surface area contributed by atoms with Crippen molar-refractivity contribution in [1.29, 1.82) is 0 Å². The third kappa shape index (κ3) is 2.66. The summed E-state index contributed by atoms with van der Waals surface area (Å²) in [5, 5.41) is 19.2. The number of carbonyl (C=O) groups excluding carboxylic acids is 1. The Bertz CT molecular complexity index is 571. The summed E-state index contributed by atoms with van der Waals surface area (Å²) in [6.45, 7) is 1.96. The zero-order valence-electron chi connectivity index (χ0n) is 12.1. The average molecular weight is 293 g/mol. The molecule has 0 aromatic heterocycles. The van der Waals surface area contributed by atoms with Crippen LogP contribution in [0.15, 0.2) is 18.2 Å². The Kier molecular flexibility index (Phi) is 4.06. The second-order valence-electron chi connectivity index (χ2n) is 5.38. The lowest BCUT2D eigenvalue weighted by atomic mass is 9.88. The second-order valence-corrected chi connectivity index (χ2v) is 5.38. The van der Waals surface area contributed by atoms with E-state index in [1.807, 2.05) is 0 Å². The van der Waals surface area contributed by atoms with Gasteiger partial charge in [0.2, 0.25) is 0 Å². The van der Waals surface area contributed by atoms with Crippen LogP contribution in [0.3, 0.4) is 0 Å². The first-order chi connectivity index (χ1) is 9.90. The van der Waals surface area contributed by atoms with E-state index in [1.165, 1.54) is 30.2 Å². The summed E-state index contributed by atoms with van der Waals surface area (Å²) in [5.74, 6) is -1.27. The number of phenolic OH excluding ortho intramolecular Hbond substituents is 1. The summed E-state index contributed by atoms with van der Waals surface area (Å²) in [5.41, 5.74) is -0.951. The smallest absolute Gasteiger partial charge is 0.329 e. The number of phenols is 1. The summed E-state index contributed by atoms with van der Waals surface area (Å²) >= 11 is 0. The highest BCUT2D eigenvalue weighted by Gasteiger charge is 2.44. The number of aromatic hydroxyl groups is 1. The van der Waals surface area contributed by atoms with Crippen molar-refractivity contribution < 1.29 is 24.5 Å². The van der Waals surface area contributed by atoms with Crippen molar-refractivity contribution in [2.45, 2.75) is 31.7 Å². The molecule has 1 aliphatic heterocycles. The molecule has 1 fully saturated rings. The van der Waals surface area contributed by atoms with Gasteiger partial charge in [0.15, 0.2) is 11.5 Å². The Hall–Kier alpha value is -2.24. The molecule has 1 saturated heterocycles. The molecule has 1 unspecified atom stereocenters. The molecular weight excluding hydrogens is 274 g/mol. The van der Waals surface area contributed by atoms with Gasteiger partial charge in [0, 0.05) is 12.1 Å². The average Bonchev–Trinajstić information content (AvgIpc) is 2.46. The van der Waals surface area contributed by atoms with Gasteiger partial charge in [0.05, 0.1) is 7.11 Å². The number of hydrogen-bond donors (Lipinski definition) is 2. The number of likely N-dealkylation sites (tertiary alicyclic amines) is 1. The molecule has 0 aliphatic carbocycles. The van der Waals surface area contributed by atoms with E-state index in [2.05, 4.69) is 0 Å². The van der Waals surface area contributed by atoms with Crippen LogP contribution in [0.5, 0.6) is 11.5 Å². The molecule has 2 rings (SSSR count). The number of amides is 1. The van der Waals surface area contributed by atoms with Crippen LogP contribution in [0, 0.1) is 0 Å². The number of aliphatic carboxylic acids is 1. The van der Waals surface area contributed by atoms with Gasteiger partial charge >= 0.3 is 5.97 Å². The van der Waals surface area contributed by atoms with Crippen molar-refractivity contribution in [3.8, 4) is 11.5 Å². The van der Waals surface area contributed by atoms with Crippen molar-refractivity contribution in [1.82, 2.24) is 4.90 Å². The van der Waals surface area contributed by atoms with Crippen LogP contribution >= 0.6 is 0 Å². The van der Waals surface area contributed by atoms with Gasteiger partial charge in [-0.05, 0) is 44.4 Å². The van der Waals surface area contributed by atoms with Crippen molar-refractivity contribution >= 4 is 11.9 Å². The molecule has 1 heterocycles.